The van der Waals surface area contributed by atoms with Crippen molar-refractivity contribution in [2.45, 2.75) is 51.6 Å². The Bertz CT molecular complexity index is 847. The number of ether oxygens (including phenoxy) is 1. The zero-order chi connectivity index (χ0) is 20.5. The highest BCUT2D eigenvalue weighted by atomic mass is 32.2. The van der Waals surface area contributed by atoms with Gasteiger partial charge in [0.15, 0.2) is 11.6 Å². The van der Waals surface area contributed by atoms with Crippen molar-refractivity contribution in [2.75, 3.05) is 5.75 Å². The Hall–Kier alpha value is -1.64. The van der Waals surface area contributed by atoms with Crippen LogP contribution in [0.2, 0.25) is 0 Å². The molecule has 2 heterocycles. The number of benzene rings is 1. The Balaban J connectivity index is 1.97. The van der Waals surface area contributed by atoms with E-state index in [0.717, 1.165) is 29.2 Å². The molecule has 2 aromatic rings. The number of pyridine rings is 1. The molecule has 0 atom stereocenters. The Morgan fingerprint density at radius 3 is 2.39 bits per heavy atom. The molecular formula is C20H24BF2NO3S. The first-order chi connectivity index (χ1) is 13.1. The van der Waals surface area contributed by atoms with E-state index in [9.17, 15) is 8.78 Å². The average molecular weight is 407 g/mol. The molecule has 0 aliphatic carbocycles. The largest absolute Gasteiger partial charge is 0.500 e. The fraction of sp³-hybridized carbons (Fsp3) is 0.450. The summed E-state index contributed by atoms with van der Waals surface area (Å²) in [4.78, 5) is 4.37. The highest BCUT2D eigenvalue weighted by molar-refractivity contribution is 7.98. The molecule has 1 aliphatic heterocycles. The maximum atomic E-state index is 14.1. The van der Waals surface area contributed by atoms with Crippen LogP contribution >= 0.6 is 11.8 Å². The van der Waals surface area contributed by atoms with Crippen molar-refractivity contribution in [3.8, 4) is 11.6 Å². The van der Waals surface area contributed by atoms with Crippen LogP contribution in [0, 0.1) is 11.6 Å². The molecule has 1 saturated heterocycles. The van der Waals surface area contributed by atoms with Gasteiger partial charge in [-0.05, 0) is 51.1 Å². The fourth-order valence-corrected chi connectivity index (χ4v) is 3.30. The summed E-state index contributed by atoms with van der Waals surface area (Å²) < 4.78 is 45.2. The second kappa shape index (κ2) is 8.01. The standard InChI is InChI=1S/C20H24BF2NO3S/c1-6-28-12-13-9-15(21-26-19(2,3)20(4,5)27-21)18(24-11-13)25-17-8-7-14(22)10-16(17)23/h7-11H,6,12H2,1-5H3. The van der Waals surface area contributed by atoms with Gasteiger partial charge in [0.2, 0.25) is 5.88 Å². The molecule has 8 heteroatoms. The maximum absolute atomic E-state index is 14.1. The van der Waals surface area contributed by atoms with Crippen LogP contribution in [0.3, 0.4) is 0 Å². The van der Waals surface area contributed by atoms with Crippen molar-refractivity contribution in [3.05, 3.63) is 47.7 Å². The lowest BCUT2D eigenvalue weighted by atomic mass is 9.79. The zero-order valence-corrected chi connectivity index (χ0v) is 17.5. The van der Waals surface area contributed by atoms with Gasteiger partial charge in [0.25, 0.3) is 0 Å². The summed E-state index contributed by atoms with van der Waals surface area (Å²) in [6.45, 7) is 9.91. The first-order valence-corrected chi connectivity index (χ1v) is 10.3. The molecule has 28 heavy (non-hydrogen) atoms. The van der Waals surface area contributed by atoms with Gasteiger partial charge in [-0.2, -0.15) is 11.8 Å². The molecule has 1 fully saturated rings. The van der Waals surface area contributed by atoms with E-state index in [1.54, 1.807) is 18.0 Å². The highest BCUT2D eigenvalue weighted by Gasteiger charge is 2.52. The van der Waals surface area contributed by atoms with Gasteiger partial charge in [-0.3, -0.25) is 0 Å². The SMILES string of the molecule is CCSCc1cnc(Oc2ccc(F)cc2F)c(B2OC(C)(C)C(C)(C)O2)c1. The van der Waals surface area contributed by atoms with Crippen molar-refractivity contribution in [2.24, 2.45) is 0 Å². The van der Waals surface area contributed by atoms with Gasteiger partial charge in [-0.25, -0.2) is 13.8 Å². The number of rotatable bonds is 6. The molecule has 4 nitrogen and oxygen atoms in total. The third-order valence-corrected chi connectivity index (χ3v) is 5.96. The quantitative estimate of drug-likeness (QED) is 0.649. The molecule has 0 spiro atoms. The first kappa shape index (κ1) is 21.1. The molecule has 1 aromatic carbocycles. The van der Waals surface area contributed by atoms with Crippen molar-refractivity contribution in [1.29, 1.82) is 0 Å². The van der Waals surface area contributed by atoms with Gasteiger partial charge in [0, 0.05) is 23.5 Å². The van der Waals surface area contributed by atoms with Crippen LogP contribution in [0.5, 0.6) is 11.6 Å². The van der Waals surface area contributed by atoms with Crippen LogP contribution in [0.1, 0.15) is 40.2 Å². The van der Waals surface area contributed by atoms with Crippen LogP contribution in [-0.4, -0.2) is 29.1 Å². The van der Waals surface area contributed by atoms with Crippen LogP contribution < -0.4 is 10.2 Å². The third-order valence-electron chi connectivity index (χ3n) is 5.02. The minimum absolute atomic E-state index is 0.109. The van der Waals surface area contributed by atoms with Gasteiger partial charge in [-0.1, -0.05) is 13.0 Å². The molecule has 0 bridgehead atoms. The summed E-state index contributed by atoms with van der Waals surface area (Å²) in [7, 11) is -0.706. The van der Waals surface area contributed by atoms with E-state index in [1.165, 1.54) is 6.07 Å². The normalized spacial score (nSPS) is 17.8. The summed E-state index contributed by atoms with van der Waals surface area (Å²) >= 11 is 1.76. The topological polar surface area (TPSA) is 40.6 Å². The summed E-state index contributed by atoms with van der Waals surface area (Å²) in [6, 6.07) is 5.06. The van der Waals surface area contributed by atoms with Gasteiger partial charge in [0.05, 0.1) is 11.2 Å². The molecule has 150 valence electrons. The summed E-state index contributed by atoms with van der Waals surface area (Å²) in [5, 5.41) is 0. The Labute approximate surface area is 169 Å². The van der Waals surface area contributed by atoms with Crippen molar-refractivity contribution in [1.82, 2.24) is 4.98 Å². The Morgan fingerprint density at radius 1 is 1.11 bits per heavy atom. The van der Waals surface area contributed by atoms with E-state index < -0.39 is 30.0 Å². The molecule has 0 radical (unpaired) electrons. The predicted octanol–water partition coefficient (Wildman–Crippen LogP) is 4.70. The van der Waals surface area contributed by atoms with E-state index >= 15 is 0 Å². The third kappa shape index (κ3) is 4.34. The highest BCUT2D eigenvalue weighted by Crippen LogP contribution is 2.37. The second-order valence-corrected chi connectivity index (χ2v) is 8.91. The number of nitrogens with zero attached hydrogens (tertiary/aromatic N) is 1. The van der Waals surface area contributed by atoms with Crippen molar-refractivity contribution in [3.63, 3.8) is 0 Å². The molecule has 1 aliphatic rings. The molecule has 0 amide bonds. The maximum Gasteiger partial charge on any atom is 0.500 e. The Morgan fingerprint density at radius 2 is 1.79 bits per heavy atom. The van der Waals surface area contributed by atoms with E-state index in [-0.39, 0.29) is 11.6 Å². The van der Waals surface area contributed by atoms with Crippen LogP contribution in [0.25, 0.3) is 0 Å². The lowest BCUT2D eigenvalue weighted by Gasteiger charge is -2.32. The van der Waals surface area contributed by atoms with Crippen molar-refractivity contribution >= 4 is 24.3 Å². The van der Waals surface area contributed by atoms with Crippen LogP contribution in [0.4, 0.5) is 8.78 Å². The minimum Gasteiger partial charge on any atom is -0.436 e. The van der Waals surface area contributed by atoms with E-state index in [0.29, 0.717) is 5.46 Å². The first-order valence-electron chi connectivity index (χ1n) is 9.18. The lowest BCUT2D eigenvalue weighted by molar-refractivity contribution is 0.00578. The minimum atomic E-state index is -0.799. The second-order valence-electron chi connectivity index (χ2n) is 7.64. The Kier molecular flexibility index (Phi) is 6.03. The van der Waals surface area contributed by atoms with Gasteiger partial charge < -0.3 is 14.0 Å². The predicted molar refractivity (Wildman–Crippen MR) is 108 cm³/mol. The number of hydrogen-bond acceptors (Lipinski definition) is 5. The number of halogens is 2. The number of hydrogen-bond donors (Lipinski definition) is 0. The summed E-state index contributed by atoms with van der Waals surface area (Å²) in [5.74, 6) is 0.353. The number of thioether (sulfide) groups is 1. The van der Waals surface area contributed by atoms with E-state index in [4.69, 9.17) is 14.0 Å². The number of aromatic nitrogens is 1. The summed E-state index contributed by atoms with van der Waals surface area (Å²) in [5.41, 5.74) is 0.495. The molecule has 1 aromatic heterocycles. The molecular weight excluding hydrogens is 383 g/mol. The molecule has 0 N–H and O–H groups in total. The lowest BCUT2D eigenvalue weighted by Crippen LogP contribution is -2.41. The zero-order valence-electron chi connectivity index (χ0n) is 16.7. The smallest absolute Gasteiger partial charge is 0.436 e. The van der Waals surface area contributed by atoms with Gasteiger partial charge in [-0.15, -0.1) is 0 Å². The van der Waals surface area contributed by atoms with E-state index in [2.05, 4.69) is 11.9 Å². The fourth-order valence-electron chi connectivity index (χ4n) is 2.70. The van der Waals surface area contributed by atoms with E-state index in [1.807, 2.05) is 33.8 Å². The van der Waals surface area contributed by atoms with Crippen molar-refractivity contribution < 1.29 is 22.8 Å². The summed E-state index contributed by atoms with van der Waals surface area (Å²) in [6.07, 6.45) is 1.69. The van der Waals surface area contributed by atoms with Gasteiger partial charge >= 0.3 is 7.12 Å². The van der Waals surface area contributed by atoms with Gasteiger partial charge in [0.1, 0.15) is 5.82 Å². The molecule has 0 saturated carbocycles. The monoisotopic (exact) mass is 407 g/mol. The average Bonchev–Trinajstić information content (AvgIpc) is 2.84. The molecule has 0 unspecified atom stereocenters. The van der Waals surface area contributed by atoms with Crippen LogP contribution in [-0.2, 0) is 15.1 Å². The van der Waals surface area contributed by atoms with Crippen LogP contribution in [0.15, 0.2) is 30.5 Å². The molecule has 3 rings (SSSR count).